The van der Waals surface area contributed by atoms with Crippen LogP contribution in [0, 0.1) is 0 Å². The van der Waals surface area contributed by atoms with Gasteiger partial charge in [-0.25, -0.2) is 14.6 Å². The second-order valence-electron chi connectivity index (χ2n) is 8.25. The summed E-state index contributed by atoms with van der Waals surface area (Å²) in [6, 6.07) is 1.49. The van der Waals surface area contributed by atoms with Gasteiger partial charge < -0.3 is 18.9 Å². The van der Waals surface area contributed by atoms with Gasteiger partial charge in [-0.15, -0.1) is 0 Å². The monoisotopic (exact) mass is 479 g/mol. The van der Waals surface area contributed by atoms with Crippen LogP contribution in [0.5, 0.6) is 0 Å². The molecule has 2 aromatic heterocycles. The van der Waals surface area contributed by atoms with Gasteiger partial charge in [-0.05, 0) is 62.5 Å². The number of carbonyl (C=O) groups is 2. The van der Waals surface area contributed by atoms with Gasteiger partial charge in [0.1, 0.15) is 16.8 Å². The molecule has 1 saturated heterocycles. The summed E-state index contributed by atoms with van der Waals surface area (Å²) >= 11 is 3.34. The fourth-order valence-corrected chi connectivity index (χ4v) is 3.85. The maximum absolute atomic E-state index is 12.9. The highest BCUT2D eigenvalue weighted by molar-refractivity contribution is 9.10. The topological polar surface area (TPSA) is 90.7 Å². The molecule has 1 amide bonds. The summed E-state index contributed by atoms with van der Waals surface area (Å²) in [6.07, 6.45) is 4.28. The summed E-state index contributed by atoms with van der Waals surface area (Å²) in [6.45, 7) is 8.33. The first kappa shape index (κ1) is 22.3. The lowest BCUT2D eigenvalue weighted by Crippen LogP contribution is -2.43. The Morgan fingerprint density at radius 2 is 2.07 bits per heavy atom. The maximum atomic E-state index is 12.9. The number of esters is 1. The number of fused-ring (bicyclic) bond motifs is 1. The number of likely N-dealkylation sites (tertiary alicyclic amines) is 1. The molecule has 0 spiro atoms. The van der Waals surface area contributed by atoms with Crippen LogP contribution in [-0.4, -0.2) is 51.8 Å². The molecule has 0 radical (unpaired) electrons. The summed E-state index contributed by atoms with van der Waals surface area (Å²) in [7, 11) is 0. The summed E-state index contributed by atoms with van der Waals surface area (Å²) in [5, 5.41) is 0.323. The SMILES string of the molecule is CCOC(=O)c1cn(C2CCCN(C(=O)OC(C)(C)C)C2)c2ncc(Br)cc2c1=O. The predicted molar refractivity (Wildman–Crippen MR) is 116 cm³/mol. The van der Waals surface area contributed by atoms with Crippen molar-refractivity contribution >= 4 is 39.0 Å². The van der Waals surface area contributed by atoms with Crippen LogP contribution >= 0.6 is 15.9 Å². The lowest BCUT2D eigenvalue weighted by molar-refractivity contribution is 0.0173. The number of hydrogen-bond donors (Lipinski definition) is 0. The summed E-state index contributed by atoms with van der Waals surface area (Å²) in [5.74, 6) is -0.669. The maximum Gasteiger partial charge on any atom is 0.410 e. The molecule has 0 N–H and O–H groups in total. The number of rotatable bonds is 3. The van der Waals surface area contributed by atoms with E-state index in [1.807, 2.05) is 25.3 Å². The Kier molecular flexibility index (Phi) is 6.50. The van der Waals surface area contributed by atoms with E-state index in [4.69, 9.17) is 9.47 Å². The molecule has 1 aliphatic heterocycles. The van der Waals surface area contributed by atoms with Crippen molar-refractivity contribution in [1.29, 1.82) is 0 Å². The van der Waals surface area contributed by atoms with Crippen LogP contribution in [0.25, 0.3) is 11.0 Å². The van der Waals surface area contributed by atoms with E-state index in [9.17, 15) is 14.4 Å². The summed E-state index contributed by atoms with van der Waals surface area (Å²) < 4.78 is 13.0. The Hall–Kier alpha value is -2.42. The Morgan fingerprint density at radius 1 is 1.33 bits per heavy atom. The zero-order chi connectivity index (χ0) is 22.1. The summed E-state index contributed by atoms with van der Waals surface area (Å²) in [4.78, 5) is 44.0. The molecule has 3 rings (SSSR count). The van der Waals surface area contributed by atoms with Crippen LogP contribution in [-0.2, 0) is 9.47 Å². The average molecular weight is 480 g/mol. The molecule has 1 atom stereocenters. The standard InChI is InChI=1S/C21H26BrN3O5/c1-5-29-19(27)16-12-25(18-15(17(16)26)9-13(22)10-23-18)14-7-6-8-24(11-14)20(28)30-21(2,3)4/h9-10,12,14H,5-8,11H2,1-4H3. The van der Waals surface area contributed by atoms with E-state index >= 15 is 0 Å². The highest BCUT2D eigenvalue weighted by atomic mass is 79.9. The second kappa shape index (κ2) is 8.75. The normalized spacial score (nSPS) is 17.1. The fraction of sp³-hybridized carbons (Fsp3) is 0.524. The molecule has 30 heavy (non-hydrogen) atoms. The van der Waals surface area contributed by atoms with Gasteiger partial charge in [0.05, 0.1) is 18.0 Å². The van der Waals surface area contributed by atoms with Crippen molar-refractivity contribution < 1.29 is 19.1 Å². The molecule has 1 fully saturated rings. The smallest absolute Gasteiger partial charge is 0.410 e. The molecular formula is C21H26BrN3O5. The number of ether oxygens (including phenoxy) is 2. The third kappa shape index (κ3) is 4.83. The first-order valence-corrected chi connectivity index (χ1v) is 10.8. The quantitative estimate of drug-likeness (QED) is 0.619. The number of pyridine rings is 2. The van der Waals surface area contributed by atoms with E-state index in [0.29, 0.717) is 28.6 Å². The van der Waals surface area contributed by atoms with Crippen LogP contribution in [0.15, 0.2) is 27.7 Å². The van der Waals surface area contributed by atoms with Crippen LogP contribution in [0.2, 0.25) is 0 Å². The highest BCUT2D eigenvalue weighted by Crippen LogP contribution is 2.27. The Labute approximate surface area is 183 Å². The minimum Gasteiger partial charge on any atom is -0.462 e. The number of halogens is 1. The van der Waals surface area contributed by atoms with Crippen molar-refractivity contribution in [2.45, 2.75) is 52.2 Å². The van der Waals surface area contributed by atoms with E-state index in [-0.39, 0.29) is 24.3 Å². The number of piperidine rings is 1. The summed E-state index contributed by atoms with van der Waals surface area (Å²) in [5.41, 5.74) is -0.585. The molecule has 0 saturated carbocycles. The van der Waals surface area contributed by atoms with Gasteiger partial charge >= 0.3 is 12.1 Å². The average Bonchev–Trinajstić information content (AvgIpc) is 2.67. The Morgan fingerprint density at radius 3 is 2.73 bits per heavy atom. The number of nitrogens with zero attached hydrogens (tertiary/aromatic N) is 3. The number of aromatic nitrogens is 2. The van der Waals surface area contributed by atoms with Gasteiger partial charge in [-0.1, -0.05) is 0 Å². The number of carbonyl (C=O) groups excluding carboxylic acids is 2. The van der Waals surface area contributed by atoms with Crippen molar-refractivity contribution in [3.63, 3.8) is 0 Å². The van der Waals surface area contributed by atoms with Crippen molar-refractivity contribution in [3.05, 3.63) is 38.7 Å². The van der Waals surface area contributed by atoms with Gasteiger partial charge in [-0.2, -0.15) is 0 Å². The van der Waals surface area contributed by atoms with Gasteiger partial charge in [0.15, 0.2) is 0 Å². The fourth-order valence-electron chi connectivity index (χ4n) is 3.52. The zero-order valence-electron chi connectivity index (χ0n) is 17.6. The largest absolute Gasteiger partial charge is 0.462 e. The van der Waals surface area contributed by atoms with Gasteiger partial charge in [0.2, 0.25) is 5.43 Å². The molecule has 0 aliphatic carbocycles. The third-order valence-corrected chi connectivity index (χ3v) is 5.21. The zero-order valence-corrected chi connectivity index (χ0v) is 19.2. The highest BCUT2D eigenvalue weighted by Gasteiger charge is 2.30. The van der Waals surface area contributed by atoms with E-state index in [1.165, 1.54) is 6.20 Å². The minimum absolute atomic E-state index is 0.0429. The molecule has 2 aromatic rings. The molecule has 1 unspecified atom stereocenters. The van der Waals surface area contributed by atoms with Crippen molar-refractivity contribution in [2.75, 3.05) is 19.7 Å². The van der Waals surface area contributed by atoms with Crippen molar-refractivity contribution in [2.24, 2.45) is 0 Å². The molecule has 8 nitrogen and oxygen atoms in total. The van der Waals surface area contributed by atoms with Gasteiger partial charge in [0, 0.05) is 30.0 Å². The van der Waals surface area contributed by atoms with E-state index < -0.39 is 17.0 Å². The van der Waals surface area contributed by atoms with E-state index in [2.05, 4.69) is 20.9 Å². The van der Waals surface area contributed by atoms with Gasteiger partial charge in [-0.3, -0.25) is 4.79 Å². The van der Waals surface area contributed by atoms with Crippen molar-refractivity contribution in [3.8, 4) is 0 Å². The van der Waals surface area contributed by atoms with Gasteiger partial charge in [0.25, 0.3) is 0 Å². The number of amides is 1. The third-order valence-electron chi connectivity index (χ3n) is 4.77. The first-order chi connectivity index (χ1) is 14.1. The van der Waals surface area contributed by atoms with Crippen LogP contribution in [0.3, 0.4) is 0 Å². The van der Waals surface area contributed by atoms with E-state index in [0.717, 1.165) is 12.8 Å². The van der Waals surface area contributed by atoms with Crippen LogP contribution in [0.4, 0.5) is 4.79 Å². The predicted octanol–water partition coefficient (Wildman–Crippen LogP) is 3.91. The second-order valence-corrected chi connectivity index (χ2v) is 9.16. The number of hydrogen-bond acceptors (Lipinski definition) is 6. The molecule has 9 heteroatoms. The molecule has 3 heterocycles. The lowest BCUT2D eigenvalue weighted by atomic mass is 10.0. The molecule has 1 aliphatic rings. The molecule has 0 aromatic carbocycles. The molecule has 0 bridgehead atoms. The van der Waals surface area contributed by atoms with Crippen LogP contribution in [0.1, 0.15) is 56.9 Å². The Bertz CT molecular complexity index is 1030. The van der Waals surface area contributed by atoms with E-state index in [1.54, 1.807) is 24.1 Å². The molecular weight excluding hydrogens is 454 g/mol. The van der Waals surface area contributed by atoms with Crippen molar-refractivity contribution in [1.82, 2.24) is 14.5 Å². The minimum atomic E-state index is -0.669. The Balaban J connectivity index is 2.04. The first-order valence-electron chi connectivity index (χ1n) is 9.96. The van der Waals surface area contributed by atoms with Crippen LogP contribution < -0.4 is 5.43 Å². The molecule has 162 valence electrons. The lowest BCUT2D eigenvalue weighted by Gasteiger charge is -2.35.